The lowest BCUT2D eigenvalue weighted by Gasteiger charge is -2.55. The Hall–Kier alpha value is -2.41. The molecule has 1 aromatic carbocycles. The fourth-order valence-electron chi connectivity index (χ4n) is 6.34. The van der Waals surface area contributed by atoms with Gasteiger partial charge in [0.1, 0.15) is 5.75 Å². The van der Waals surface area contributed by atoms with Crippen molar-refractivity contribution in [2.45, 2.75) is 38.5 Å². The van der Waals surface area contributed by atoms with Crippen molar-refractivity contribution in [3.63, 3.8) is 0 Å². The first kappa shape index (κ1) is 17.4. The first-order valence-corrected chi connectivity index (χ1v) is 11.3. The number of rotatable bonds is 4. The molecule has 7 rings (SSSR count). The van der Waals surface area contributed by atoms with Crippen LogP contribution in [0.2, 0.25) is 0 Å². The second-order valence-corrected chi connectivity index (χ2v) is 9.97. The molecule has 0 unspecified atom stereocenters. The SMILES string of the molecule is COc1cccc(-c2csc3nc(NC(=O)C45CC6CC(CC(C6)C4)C5)nn23)c1. The maximum atomic E-state index is 13.3. The molecule has 2 aromatic heterocycles. The number of fused-ring (bicyclic) bond motifs is 1. The van der Waals surface area contributed by atoms with E-state index < -0.39 is 0 Å². The molecule has 1 N–H and O–H groups in total. The van der Waals surface area contributed by atoms with Gasteiger partial charge in [0, 0.05) is 10.9 Å². The van der Waals surface area contributed by atoms with Gasteiger partial charge in [-0.05, 0) is 68.4 Å². The van der Waals surface area contributed by atoms with Crippen LogP contribution in [0.4, 0.5) is 5.95 Å². The molecule has 4 aliphatic rings. The number of benzene rings is 1. The molecule has 2 heterocycles. The highest BCUT2D eigenvalue weighted by Gasteiger charge is 2.54. The summed E-state index contributed by atoms with van der Waals surface area (Å²) < 4.78 is 7.16. The minimum atomic E-state index is -0.191. The van der Waals surface area contributed by atoms with E-state index in [1.54, 1.807) is 7.11 Å². The van der Waals surface area contributed by atoms with Crippen LogP contribution in [0.5, 0.6) is 5.75 Å². The molecule has 150 valence electrons. The van der Waals surface area contributed by atoms with Gasteiger partial charge in [0.05, 0.1) is 18.2 Å². The second kappa shape index (κ2) is 6.29. The predicted molar refractivity (Wildman–Crippen MR) is 112 cm³/mol. The molecule has 0 atom stereocenters. The fraction of sp³-hybridized carbons (Fsp3) is 0.500. The highest BCUT2D eigenvalue weighted by atomic mass is 32.1. The summed E-state index contributed by atoms with van der Waals surface area (Å²) in [7, 11) is 1.66. The molecule has 29 heavy (non-hydrogen) atoms. The lowest BCUT2D eigenvalue weighted by atomic mass is 9.49. The Kier molecular flexibility index (Phi) is 3.79. The van der Waals surface area contributed by atoms with Gasteiger partial charge in [0.15, 0.2) is 0 Å². The number of anilines is 1. The van der Waals surface area contributed by atoms with Crippen LogP contribution in [0.3, 0.4) is 0 Å². The Morgan fingerprint density at radius 1 is 1.21 bits per heavy atom. The Labute approximate surface area is 173 Å². The van der Waals surface area contributed by atoms with E-state index in [9.17, 15) is 4.79 Å². The van der Waals surface area contributed by atoms with Crippen LogP contribution in [0, 0.1) is 23.2 Å². The Morgan fingerprint density at radius 2 is 1.93 bits per heavy atom. The van der Waals surface area contributed by atoms with E-state index in [0.717, 1.165) is 59.0 Å². The van der Waals surface area contributed by atoms with Gasteiger partial charge in [-0.2, -0.15) is 4.98 Å². The maximum Gasteiger partial charge on any atom is 0.250 e. The second-order valence-electron chi connectivity index (χ2n) is 9.13. The molecule has 0 radical (unpaired) electrons. The number of nitrogens with one attached hydrogen (secondary N) is 1. The zero-order valence-electron chi connectivity index (χ0n) is 16.4. The smallest absolute Gasteiger partial charge is 0.250 e. The normalized spacial score (nSPS) is 30.0. The summed E-state index contributed by atoms with van der Waals surface area (Å²) in [5.41, 5.74) is 1.77. The zero-order valence-corrected chi connectivity index (χ0v) is 17.2. The van der Waals surface area contributed by atoms with E-state index in [-0.39, 0.29) is 11.3 Å². The van der Waals surface area contributed by atoms with Gasteiger partial charge in [-0.3, -0.25) is 10.1 Å². The van der Waals surface area contributed by atoms with Crippen LogP contribution in [0.25, 0.3) is 16.2 Å². The molecule has 1 amide bonds. The number of hydrogen-bond acceptors (Lipinski definition) is 5. The van der Waals surface area contributed by atoms with E-state index in [1.807, 2.05) is 34.2 Å². The summed E-state index contributed by atoms with van der Waals surface area (Å²) in [4.78, 5) is 18.6. The van der Waals surface area contributed by atoms with E-state index in [4.69, 9.17) is 4.74 Å². The molecule has 7 heteroatoms. The van der Waals surface area contributed by atoms with Crippen molar-refractivity contribution in [2.24, 2.45) is 23.2 Å². The van der Waals surface area contributed by atoms with E-state index in [2.05, 4.69) is 15.4 Å². The zero-order chi connectivity index (χ0) is 19.6. The fourth-order valence-corrected chi connectivity index (χ4v) is 7.17. The lowest BCUT2D eigenvalue weighted by Crippen LogP contribution is -2.51. The van der Waals surface area contributed by atoms with Crippen LogP contribution >= 0.6 is 11.3 Å². The van der Waals surface area contributed by atoms with E-state index in [1.165, 1.54) is 30.6 Å². The molecule has 4 saturated carbocycles. The summed E-state index contributed by atoms with van der Waals surface area (Å²) in [5, 5.41) is 9.73. The van der Waals surface area contributed by atoms with Crippen molar-refractivity contribution < 1.29 is 9.53 Å². The molecule has 4 bridgehead atoms. The molecular weight excluding hydrogens is 384 g/mol. The van der Waals surface area contributed by atoms with Crippen molar-refractivity contribution in [3.8, 4) is 17.0 Å². The first-order valence-electron chi connectivity index (χ1n) is 10.4. The number of methoxy groups -OCH3 is 1. The number of carbonyl (C=O) groups is 1. The number of aromatic nitrogens is 3. The molecule has 3 aromatic rings. The summed E-state index contributed by atoms with van der Waals surface area (Å²) >= 11 is 1.53. The quantitative estimate of drug-likeness (QED) is 0.684. The average molecular weight is 409 g/mol. The van der Waals surface area contributed by atoms with E-state index in [0.29, 0.717) is 5.95 Å². The Bertz CT molecular complexity index is 1070. The molecule has 0 aliphatic heterocycles. The lowest BCUT2D eigenvalue weighted by molar-refractivity contribution is -0.140. The highest BCUT2D eigenvalue weighted by Crippen LogP contribution is 2.60. The molecule has 4 fully saturated rings. The number of nitrogens with zero attached hydrogens (tertiary/aromatic N) is 3. The molecule has 0 saturated heterocycles. The van der Waals surface area contributed by atoms with Gasteiger partial charge in [0.25, 0.3) is 0 Å². The van der Waals surface area contributed by atoms with Gasteiger partial charge in [-0.15, -0.1) is 16.4 Å². The van der Waals surface area contributed by atoms with Crippen molar-refractivity contribution in [1.29, 1.82) is 0 Å². The van der Waals surface area contributed by atoms with Gasteiger partial charge in [-0.1, -0.05) is 12.1 Å². The van der Waals surface area contributed by atoms with Gasteiger partial charge < -0.3 is 4.74 Å². The molecular formula is C22H24N4O2S. The van der Waals surface area contributed by atoms with Gasteiger partial charge in [-0.25, -0.2) is 4.52 Å². The largest absolute Gasteiger partial charge is 0.497 e. The predicted octanol–water partition coefficient (Wildman–Crippen LogP) is 4.62. The number of carbonyl (C=O) groups excluding carboxylic acids is 1. The third-order valence-corrected chi connectivity index (χ3v) is 8.01. The van der Waals surface area contributed by atoms with Crippen LogP contribution < -0.4 is 10.1 Å². The Morgan fingerprint density at radius 3 is 2.62 bits per heavy atom. The van der Waals surface area contributed by atoms with Gasteiger partial charge in [0.2, 0.25) is 16.8 Å². The maximum absolute atomic E-state index is 13.3. The third-order valence-electron chi connectivity index (χ3n) is 7.19. The monoisotopic (exact) mass is 408 g/mol. The average Bonchev–Trinajstić information content (AvgIpc) is 3.27. The van der Waals surface area contributed by atoms with Crippen LogP contribution in [0.15, 0.2) is 29.6 Å². The van der Waals surface area contributed by atoms with Crippen LogP contribution in [-0.4, -0.2) is 27.6 Å². The molecule has 4 aliphatic carbocycles. The Balaban J connectivity index is 1.28. The minimum Gasteiger partial charge on any atom is -0.497 e. The van der Waals surface area contributed by atoms with Crippen molar-refractivity contribution in [1.82, 2.24) is 14.6 Å². The van der Waals surface area contributed by atoms with Crippen LogP contribution in [-0.2, 0) is 4.79 Å². The van der Waals surface area contributed by atoms with Gasteiger partial charge >= 0.3 is 0 Å². The molecule has 6 nitrogen and oxygen atoms in total. The summed E-state index contributed by atoms with van der Waals surface area (Å²) in [6.07, 6.45) is 7.12. The molecule has 0 spiro atoms. The summed E-state index contributed by atoms with van der Waals surface area (Å²) in [6.45, 7) is 0. The third kappa shape index (κ3) is 2.78. The number of amides is 1. The highest BCUT2D eigenvalue weighted by molar-refractivity contribution is 7.15. The van der Waals surface area contributed by atoms with Crippen molar-refractivity contribution in [2.75, 3.05) is 12.4 Å². The van der Waals surface area contributed by atoms with Crippen LogP contribution in [0.1, 0.15) is 38.5 Å². The van der Waals surface area contributed by atoms with Crippen molar-refractivity contribution in [3.05, 3.63) is 29.6 Å². The first-order chi connectivity index (χ1) is 14.1. The van der Waals surface area contributed by atoms with E-state index >= 15 is 0 Å². The topological polar surface area (TPSA) is 68.5 Å². The van der Waals surface area contributed by atoms with Crippen molar-refractivity contribution >= 4 is 28.2 Å². The number of thiazole rings is 1. The summed E-state index contributed by atoms with van der Waals surface area (Å²) in [5.74, 6) is 3.58. The number of hydrogen-bond donors (Lipinski definition) is 1. The standard InChI is InChI=1S/C22H24N4O2S/c1-28-17-4-2-3-16(8-17)18-12-29-21-24-20(25-26(18)21)23-19(27)22-9-13-5-14(10-22)7-15(6-13)11-22/h2-4,8,12-15H,5-7,9-11H2,1H3,(H,23,25,27). The summed E-state index contributed by atoms with van der Waals surface area (Å²) in [6, 6.07) is 7.89. The number of ether oxygens (including phenoxy) is 1. The minimum absolute atomic E-state index is 0.137.